The largest absolute Gasteiger partial charge is 0.416 e. The molecule has 1 heterocycles. The molecule has 1 fully saturated rings. The zero-order valence-corrected chi connectivity index (χ0v) is 11.9. The first-order chi connectivity index (χ1) is 9.18. The van der Waals surface area contributed by atoms with E-state index in [0.29, 0.717) is 0 Å². The molecule has 1 aromatic carbocycles. The molecule has 4 nitrogen and oxygen atoms in total. The van der Waals surface area contributed by atoms with E-state index in [9.17, 15) is 22.8 Å². The maximum atomic E-state index is 12.8. The summed E-state index contributed by atoms with van der Waals surface area (Å²) >= 11 is 2.99. The van der Waals surface area contributed by atoms with Crippen LogP contribution < -0.4 is 10.2 Å². The Hall–Kier alpha value is -1.57. The number of imide groups is 1. The lowest BCUT2D eigenvalue weighted by Gasteiger charge is -2.30. The highest BCUT2D eigenvalue weighted by Crippen LogP contribution is 2.35. The molecular formula is C12H10BrF3N2O2. The molecule has 1 aliphatic rings. The van der Waals surface area contributed by atoms with E-state index in [4.69, 9.17) is 0 Å². The van der Waals surface area contributed by atoms with Crippen molar-refractivity contribution >= 4 is 33.6 Å². The number of rotatable bonds is 1. The number of anilines is 1. The van der Waals surface area contributed by atoms with Gasteiger partial charge in [-0.3, -0.25) is 15.0 Å². The Kier molecular flexibility index (Phi) is 3.77. The monoisotopic (exact) mass is 350 g/mol. The average Bonchev–Trinajstić information content (AvgIpc) is 2.32. The Morgan fingerprint density at radius 2 is 1.95 bits per heavy atom. The third kappa shape index (κ3) is 2.95. The fourth-order valence-corrected chi connectivity index (χ4v) is 2.33. The second kappa shape index (κ2) is 5.08. The van der Waals surface area contributed by atoms with Gasteiger partial charge in [0.05, 0.1) is 11.5 Å². The van der Waals surface area contributed by atoms with Crippen LogP contribution in [0.2, 0.25) is 0 Å². The van der Waals surface area contributed by atoms with Gasteiger partial charge in [-0.2, -0.15) is 13.2 Å². The minimum Gasteiger partial charge on any atom is -0.293 e. The van der Waals surface area contributed by atoms with Crippen LogP contribution in [0.15, 0.2) is 22.7 Å². The normalized spacial score (nSPS) is 20.1. The molecule has 3 amide bonds. The topological polar surface area (TPSA) is 49.4 Å². The SMILES string of the molecule is CC1CN(c2cc(Br)cc(C(F)(F)F)c2)C(=O)NC1=O. The summed E-state index contributed by atoms with van der Waals surface area (Å²) in [6.45, 7) is 1.63. The fraction of sp³-hybridized carbons (Fsp3) is 0.333. The van der Waals surface area contributed by atoms with Crippen molar-refractivity contribution in [2.24, 2.45) is 5.92 Å². The van der Waals surface area contributed by atoms with E-state index in [1.54, 1.807) is 6.92 Å². The van der Waals surface area contributed by atoms with Crippen molar-refractivity contribution in [3.05, 3.63) is 28.2 Å². The van der Waals surface area contributed by atoms with Crippen LogP contribution in [0, 0.1) is 5.92 Å². The van der Waals surface area contributed by atoms with Gasteiger partial charge in [-0.15, -0.1) is 0 Å². The Morgan fingerprint density at radius 1 is 1.30 bits per heavy atom. The number of alkyl halides is 3. The Balaban J connectivity index is 2.40. The van der Waals surface area contributed by atoms with Crippen molar-refractivity contribution < 1.29 is 22.8 Å². The van der Waals surface area contributed by atoms with E-state index >= 15 is 0 Å². The molecule has 0 radical (unpaired) electrons. The molecule has 2 rings (SSSR count). The number of hydrogen-bond donors (Lipinski definition) is 1. The van der Waals surface area contributed by atoms with Crippen molar-refractivity contribution in [1.82, 2.24) is 5.32 Å². The van der Waals surface area contributed by atoms with Gasteiger partial charge in [0.2, 0.25) is 5.91 Å². The van der Waals surface area contributed by atoms with Gasteiger partial charge in [0.15, 0.2) is 0 Å². The van der Waals surface area contributed by atoms with E-state index in [2.05, 4.69) is 21.2 Å². The number of halogens is 4. The van der Waals surface area contributed by atoms with Crippen LogP contribution in [0.5, 0.6) is 0 Å². The Bertz CT molecular complexity index is 574. The minimum atomic E-state index is -4.51. The van der Waals surface area contributed by atoms with Gasteiger partial charge in [0, 0.05) is 16.7 Å². The number of urea groups is 1. The van der Waals surface area contributed by atoms with Crippen LogP contribution >= 0.6 is 15.9 Å². The number of nitrogens with zero attached hydrogens (tertiary/aromatic N) is 1. The van der Waals surface area contributed by atoms with Crippen molar-refractivity contribution in [3.63, 3.8) is 0 Å². The van der Waals surface area contributed by atoms with Gasteiger partial charge in [0.25, 0.3) is 0 Å². The lowest BCUT2D eigenvalue weighted by atomic mass is 10.1. The molecule has 1 unspecified atom stereocenters. The number of benzene rings is 1. The molecule has 0 bridgehead atoms. The molecule has 0 aliphatic carbocycles. The van der Waals surface area contributed by atoms with E-state index in [-0.39, 0.29) is 16.7 Å². The Morgan fingerprint density at radius 3 is 2.55 bits per heavy atom. The van der Waals surface area contributed by atoms with E-state index in [0.717, 1.165) is 17.0 Å². The van der Waals surface area contributed by atoms with Gasteiger partial charge < -0.3 is 0 Å². The van der Waals surface area contributed by atoms with Crippen LogP contribution in [-0.4, -0.2) is 18.5 Å². The lowest BCUT2D eigenvalue weighted by Crippen LogP contribution is -2.54. The third-order valence-electron chi connectivity index (χ3n) is 2.90. The average molecular weight is 351 g/mol. The summed E-state index contributed by atoms with van der Waals surface area (Å²) in [6, 6.07) is 2.49. The van der Waals surface area contributed by atoms with Crippen molar-refractivity contribution in [3.8, 4) is 0 Å². The molecule has 0 saturated carbocycles. The summed E-state index contributed by atoms with van der Waals surface area (Å²) in [4.78, 5) is 24.2. The summed E-state index contributed by atoms with van der Waals surface area (Å²) in [5.74, 6) is -0.918. The second-order valence-electron chi connectivity index (χ2n) is 4.50. The van der Waals surface area contributed by atoms with Crippen LogP contribution in [0.25, 0.3) is 0 Å². The number of hydrogen-bond acceptors (Lipinski definition) is 2. The van der Waals surface area contributed by atoms with Crippen LogP contribution in [0.4, 0.5) is 23.7 Å². The number of carbonyl (C=O) groups excluding carboxylic acids is 2. The lowest BCUT2D eigenvalue weighted by molar-refractivity contribution is -0.137. The van der Waals surface area contributed by atoms with E-state index in [1.807, 2.05) is 0 Å². The molecule has 1 aromatic rings. The molecule has 1 aliphatic heterocycles. The summed E-state index contributed by atoms with van der Waals surface area (Å²) in [7, 11) is 0. The van der Waals surface area contributed by atoms with Gasteiger partial charge in [-0.05, 0) is 18.2 Å². The molecular weight excluding hydrogens is 341 g/mol. The highest BCUT2D eigenvalue weighted by molar-refractivity contribution is 9.10. The first-order valence-electron chi connectivity index (χ1n) is 5.68. The summed E-state index contributed by atoms with van der Waals surface area (Å²) in [6.07, 6.45) is -4.51. The van der Waals surface area contributed by atoms with Crippen molar-refractivity contribution in [2.45, 2.75) is 13.1 Å². The van der Waals surface area contributed by atoms with Crippen LogP contribution in [0.3, 0.4) is 0 Å². The summed E-state index contributed by atoms with van der Waals surface area (Å²) in [5, 5.41) is 2.11. The predicted molar refractivity (Wildman–Crippen MR) is 69.2 cm³/mol. The number of nitrogens with one attached hydrogen (secondary N) is 1. The minimum absolute atomic E-state index is 0.0401. The fourth-order valence-electron chi connectivity index (χ4n) is 1.85. The standard InChI is InChI=1S/C12H10BrF3N2O2/c1-6-5-18(11(20)17-10(6)19)9-3-7(12(14,15)16)2-8(13)4-9/h2-4,6H,5H2,1H3,(H,17,19,20). The van der Waals surface area contributed by atoms with Gasteiger partial charge in [-0.25, -0.2) is 4.79 Å². The van der Waals surface area contributed by atoms with E-state index < -0.39 is 29.6 Å². The second-order valence-corrected chi connectivity index (χ2v) is 5.42. The van der Waals surface area contributed by atoms with Gasteiger partial charge in [-0.1, -0.05) is 22.9 Å². The number of carbonyl (C=O) groups is 2. The molecule has 0 aromatic heterocycles. The molecule has 20 heavy (non-hydrogen) atoms. The molecule has 108 valence electrons. The van der Waals surface area contributed by atoms with Crippen molar-refractivity contribution in [1.29, 1.82) is 0 Å². The first kappa shape index (κ1) is 14.8. The van der Waals surface area contributed by atoms with Crippen LogP contribution in [0.1, 0.15) is 12.5 Å². The maximum absolute atomic E-state index is 12.8. The van der Waals surface area contributed by atoms with Gasteiger partial charge >= 0.3 is 12.2 Å². The zero-order valence-electron chi connectivity index (χ0n) is 10.3. The zero-order chi connectivity index (χ0) is 15.1. The maximum Gasteiger partial charge on any atom is 0.416 e. The molecule has 1 saturated heterocycles. The predicted octanol–water partition coefficient (Wildman–Crippen LogP) is 3.16. The summed E-state index contributed by atoms with van der Waals surface area (Å²) < 4.78 is 38.5. The highest BCUT2D eigenvalue weighted by atomic mass is 79.9. The molecule has 8 heteroatoms. The smallest absolute Gasteiger partial charge is 0.293 e. The summed E-state index contributed by atoms with van der Waals surface area (Å²) in [5.41, 5.74) is -0.775. The van der Waals surface area contributed by atoms with Crippen molar-refractivity contribution in [2.75, 3.05) is 11.4 Å². The van der Waals surface area contributed by atoms with Crippen LogP contribution in [-0.2, 0) is 11.0 Å². The third-order valence-corrected chi connectivity index (χ3v) is 3.36. The molecule has 1 atom stereocenters. The molecule has 0 spiro atoms. The first-order valence-corrected chi connectivity index (χ1v) is 6.48. The Labute approximate surface area is 121 Å². The van der Waals surface area contributed by atoms with Gasteiger partial charge in [0.1, 0.15) is 0 Å². The molecule has 1 N–H and O–H groups in total. The quantitative estimate of drug-likeness (QED) is 0.845. The highest BCUT2D eigenvalue weighted by Gasteiger charge is 2.34. The van der Waals surface area contributed by atoms with E-state index in [1.165, 1.54) is 6.07 Å². The number of amides is 3.